The van der Waals surface area contributed by atoms with Gasteiger partial charge < -0.3 is 15.8 Å². The van der Waals surface area contributed by atoms with Crippen molar-refractivity contribution in [3.63, 3.8) is 0 Å². The molecule has 132 valence electrons. The lowest BCUT2D eigenvalue weighted by molar-refractivity contribution is 0.0946. The number of aromatic nitrogens is 3. The van der Waals surface area contributed by atoms with Crippen LogP contribution in [-0.2, 0) is 6.54 Å². The first-order chi connectivity index (χ1) is 12.5. The molecule has 0 aliphatic rings. The molecular formula is C19H19N5O2. The second-order valence-electron chi connectivity index (χ2n) is 5.85. The van der Waals surface area contributed by atoms with Crippen molar-refractivity contribution in [2.24, 2.45) is 0 Å². The molecule has 1 amide bonds. The Labute approximate surface area is 151 Å². The van der Waals surface area contributed by atoms with Crippen LogP contribution in [0, 0.1) is 13.8 Å². The summed E-state index contributed by atoms with van der Waals surface area (Å²) >= 11 is 0. The van der Waals surface area contributed by atoms with E-state index < -0.39 is 0 Å². The second-order valence-corrected chi connectivity index (χ2v) is 5.85. The molecule has 0 saturated carbocycles. The van der Waals surface area contributed by atoms with Gasteiger partial charge in [0.1, 0.15) is 5.75 Å². The van der Waals surface area contributed by atoms with Crippen molar-refractivity contribution in [1.82, 2.24) is 20.3 Å². The number of aryl methyl sites for hydroxylation is 2. The molecule has 0 unspecified atom stereocenters. The van der Waals surface area contributed by atoms with Gasteiger partial charge in [-0.1, -0.05) is 18.2 Å². The third-order valence-electron chi connectivity index (χ3n) is 3.75. The average molecular weight is 349 g/mol. The minimum atomic E-state index is -0.383. The van der Waals surface area contributed by atoms with E-state index in [0.29, 0.717) is 12.4 Å². The molecule has 0 aliphatic carbocycles. The normalized spacial score (nSPS) is 10.4. The Bertz CT molecular complexity index is 925. The molecule has 2 heterocycles. The first-order valence-electron chi connectivity index (χ1n) is 8.07. The lowest BCUT2D eigenvalue weighted by Gasteiger charge is -2.10. The molecule has 0 radical (unpaired) electrons. The van der Waals surface area contributed by atoms with Crippen molar-refractivity contribution in [2.45, 2.75) is 20.4 Å². The number of ether oxygens (including phenoxy) is 1. The maximum Gasteiger partial charge on any atom is 0.273 e. The van der Waals surface area contributed by atoms with Crippen molar-refractivity contribution < 1.29 is 9.53 Å². The van der Waals surface area contributed by atoms with Crippen LogP contribution in [-0.4, -0.2) is 20.9 Å². The summed E-state index contributed by atoms with van der Waals surface area (Å²) in [5.41, 5.74) is 8.73. The monoisotopic (exact) mass is 349 g/mol. The summed E-state index contributed by atoms with van der Waals surface area (Å²) in [6.07, 6.45) is 4.51. The van der Waals surface area contributed by atoms with Crippen LogP contribution >= 0.6 is 0 Å². The fraction of sp³-hybridized carbons (Fsp3) is 0.158. The van der Waals surface area contributed by atoms with Crippen LogP contribution in [0.1, 0.15) is 27.2 Å². The van der Waals surface area contributed by atoms with Gasteiger partial charge in [0.15, 0.2) is 11.5 Å². The summed E-state index contributed by atoms with van der Waals surface area (Å²) in [5, 5.41) is 2.74. The molecule has 2 aromatic heterocycles. The third-order valence-corrected chi connectivity index (χ3v) is 3.75. The highest BCUT2D eigenvalue weighted by atomic mass is 16.5. The summed E-state index contributed by atoms with van der Waals surface area (Å²) in [6.45, 7) is 4.29. The van der Waals surface area contributed by atoms with Gasteiger partial charge in [-0.25, -0.2) is 15.0 Å². The summed E-state index contributed by atoms with van der Waals surface area (Å²) in [7, 11) is 0. The first-order valence-corrected chi connectivity index (χ1v) is 8.07. The van der Waals surface area contributed by atoms with E-state index in [1.54, 1.807) is 12.3 Å². The Morgan fingerprint density at radius 1 is 1.12 bits per heavy atom. The van der Waals surface area contributed by atoms with E-state index in [4.69, 9.17) is 10.5 Å². The Kier molecular flexibility index (Phi) is 5.07. The first kappa shape index (κ1) is 17.3. The number of benzene rings is 1. The van der Waals surface area contributed by atoms with Crippen LogP contribution in [0.2, 0.25) is 0 Å². The molecule has 0 aliphatic heterocycles. The number of nitrogens with one attached hydrogen (secondary N) is 1. The molecule has 0 saturated heterocycles. The van der Waals surface area contributed by atoms with Crippen LogP contribution in [0.5, 0.6) is 11.6 Å². The van der Waals surface area contributed by atoms with Crippen LogP contribution in [0.4, 0.5) is 5.82 Å². The number of hydrogen-bond acceptors (Lipinski definition) is 6. The van der Waals surface area contributed by atoms with E-state index in [0.717, 1.165) is 22.4 Å². The van der Waals surface area contributed by atoms with Gasteiger partial charge in [-0.3, -0.25) is 4.79 Å². The lowest BCUT2D eigenvalue weighted by Crippen LogP contribution is -2.25. The van der Waals surface area contributed by atoms with Gasteiger partial charge in [-0.15, -0.1) is 0 Å². The summed E-state index contributed by atoms with van der Waals surface area (Å²) < 4.78 is 5.82. The molecule has 26 heavy (non-hydrogen) atoms. The van der Waals surface area contributed by atoms with Crippen molar-refractivity contribution in [1.29, 1.82) is 0 Å². The molecular weight excluding hydrogens is 330 g/mol. The lowest BCUT2D eigenvalue weighted by atomic mass is 10.1. The van der Waals surface area contributed by atoms with E-state index in [2.05, 4.69) is 20.3 Å². The van der Waals surface area contributed by atoms with E-state index in [1.807, 2.05) is 38.1 Å². The number of nitrogens with two attached hydrogens (primary N) is 1. The second kappa shape index (κ2) is 7.60. The van der Waals surface area contributed by atoms with Crippen LogP contribution in [0.3, 0.4) is 0 Å². The number of pyridine rings is 1. The Balaban J connectivity index is 1.62. The largest absolute Gasteiger partial charge is 0.439 e. The highest BCUT2D eigenvalue weighted by Gasteiger charge is 2.11. The van der Waals surface area contributed by atoms with Gasteiger partial charge in [0, 0.05) is 31.2 Å². The number of nitrogens with zero attached hydrogens (tertiary/aromatic N) is 3. The van der Waals surface area contributed by atoms with Gasteiger partial charge in [0.05, 0.1) is 0 Å². The van der Waals surface area contributed by atoms with Crippen molar-refractivity contribution in [2.75, 3.05) is 5.73 Å². The summed E-state index contributed by atoms with van der Waals surface area (Å²) in [6, 6.07) is 9.61. The highest BCUT2D eigenvalue weighted by molar-refractivity contribution is 5.96. The van der Waals surface area contributed by atoms with E-state index in [1.165, 1.54) is 12.4 Å². The molecule has 3 N–H and O–H groups in total. The molecule has 3 aromatic rings. The Morgan fingerprint density at radius 3 is 2.65 bits per heavy atom. The number of nitrogen functional groups attached to an aromatic ring is 1. The maximum absolute atomic E-state index is 12.1. The third kappa shape index (κ3) is 4.13. The molecule has 0 bridgehead atoms. The van der Waals surface area contributed by atoms with E-state index in [9.17, 15) is 4.79 Å². The Morgan fingerprint density at radius 2 is 1.92 bits per heavy atom. The van der Waals surface area contributed by atoms with Crippen molar-refractivity contribution in [3.8, 4) is 11.6 Å². The minimum Gasteiger partial charge on any atom is -0.439 e. The topological polar surface area (TPSA) is 103 Å². The number of rotatable bonds is 5. The number of carbonyl (C=O) groups excluding carboxylic acids is 1. The van der Waals surface area contributed by atoms with E-state index in [-0.39, 0.29) is 17.4 Å². The molecule has 0 atom stereocenters. The standard InChI is InChI=1S/C19H19N5O2/c1-12-3-4-13(2)15(9-12)26-16-6-5-14(10-23-16)11-24-19(25)17-18(20)22-8-7-21-17/h3-10H,11H2,1-2H3,(H2,20,22)(H,24,25). The summed E-state index contributed by atoms with van der Waals surface area (Å²) in [4.78, 5) is 24.1. The number of hydrogen-bond donors (Lipinski definition) is 2. The zero-order valence-corrected chi connectivity index (χ0v) is 14.6. The molecule has 0 spiro atoms. The van der Waals surface area contributed by atoms with Crippen LogP contribution < -0.4 is 15.8 Å². The van der Waals surface area contributed by atoms with Gasteiger partial charge >= 0.3 is 0 Å². The zero-order valence-electron chi connectivity index (χ0n) is 14.6. The smallest absolute Gasteiger partial charge is 0.273 e. The number of anilines is 1. The number of amides is 1. The quantitative estimate of drug-likeness (QED) is 0.734. The van der Waals surface area contributed by atoms with Gasteiger partial charge in [0.25, 0.3) is 5.91 Å². The highest BCUT2D eigenvalue weighted by Crippen LogP contribution is 2.24. The molecule has 1 aromatic carbocycles. The van der Waals surface area contributed by atoms with Crippen molar-refractivity contribution in [3.05, 3.63) is 71.3 Å². The molecule has 3 rings (SSSR count). The average Bonchev–Trinajstić information content (AvgIpc) is 2.64. The zero-order chi connectivity index (χ0) is 18.5. The van der Waals surface area contributed by atoms with E-state index >= 15 is 0 Å². The molecule has 7 nitrogen and oxygen atoms in total. The predicted octanol–water partition coefficient (Wildman–Crippen LogP) is 2.79. The van der Waals surface area contributed by atoms with Crippen LogP contribution in [0.25, 0.3) is 0 Å². The SMILES string of the molecule is Cc1ccc(C)c(Oc2ccc(CNC(=O)c3nccnc3N)cn2)c1. The van der Waals surface area contributed by atoms with Gasteiger partial charge in [0.2, 0.25) is 5.88 Å². The fourth-order valence-electron chi connectivity index (χ4n) is 2.30. The predicted molar refractivity (Wildman–Crippen MR) is 97.8 cm³/mol. The maximum atomic E-state index is 12.1. The Hall–Kier alpha value is -3.48. The van der Waals surface area contributed by atoms with Gasteiger partial charge in [-0.2, -0.15) is 0 Å². The minimum absolute atomic E-state index is 0.0976. The van der Waals surface area contributed by atoms with Crippen molar-refractivity contribution >= 4 is 11.7 Å². The number of carbonyl (C=O) groups is 1. The van der Waals surface area contributed by atoms with Crippen LogP contribution in [0.15, 0.2) is 48.9 Å². The fourth-order valence-corrected chi connectivity index (χ4v) is 2.30. The summed E-state index contributed by atoms with van der Waals surface area (Å²) in [5.74, 6) is 0.982. The molecule has 0 fully saturated rings. The molecule has 7 heteroatoms. The van der Waals surface area contributed by atoms with Gasteiger partial charge in [-0.05, 0) is 36.6 Å².